The van der Waals surface area contributed by atoms with Gasteiger partial charge in [0.25, 0.3) is 5.91 Å². The molecule has 1 saturated carbocycles. The van der Waals surface area contributed by atoms with Crippen LogP contribution in [0.2, 0.25) is 0 Å². The van der Waals surface area contributed by atoms with Crippen LogP contribution in [0.1, 0.15) is 29.0 Å². The number of para-hydroxylation sites is 1. The lowest BCUT2D eigenvalue weighted by Gasteiger charge is -2.07. The van der Waals surface area contributed by atoms with Crippen LogP contribution in [0.15, 0.2) is 77.3 Å². The SMILES string of the molecule is Cc1ccc(-c2nn(-c3ccccc3)cc2C(=O)Nc2ccc(NC(=O)C3CC3)cc2)o1. The average molecular weight is 426 g/mol. The molecule has 7 heteroatoms. The summed E-state index contributed by atoms with van der Waals surface area (Å²) in [4.78, 5) is 25.1. The van der Waals surface area contributed by atoms with Crippen molar-refractivity contribution in [3.8, 4) is 17.1 Å². The van der Waals surface area contributed by atoms with E-state index in [9.17, 15) is 9.59 Å². The molecule has 0 radical (unpaired) electrons. The van der Waals surface area contributed by atoms with E-state index >= 15 is 0 Å². The average Bonchev–Trinajstić information content (AvgIpc) is 3.42. The zero-order chi connectivity index (χ0) is 22.1. The maximum Gasteiger partial charge on any atom is 0.259 e. The van der Waals surface area contributed by atoms with Crippen LogP contribution in [-0.4, -0.2) is 21.6 Å². The van der Waals surface area contributed by atoms with E-state index in [0.29, 0.717) is 28.4 Å². The lowest BCUT2D eigenvalue weighted by molar-refractivity contribution is -0.117. The summed E-state index contributed by atoms with van der Waals surface area (Å²) >= 11 is 0. The van der Waals surface area contributed by atoms with Gasteiger partial charge in [0.2, 0.25) is 5.91 Å². The van der Waals surface area contributed by atoms with Gasteiger partial charge in [-0.1, -0.05) is 18.2 Å². The monoisotopic (exact) mass is 426 g/mol. The maximum atomic E-state index is 13.1. The molecule has 0 spiro atoms. The van der Waals surface area contributed by atoms with Crippen LogP contribution in [0.4, 0.5) is 11.4 Å². The van der Waals surface area contributed by atoms with E-state index in [0.717, 1.165) is 24.3 Å². The van der Waals surface area contributed by atoms with Crippen LogP contribution in [0.3, 0.4) is 0 Å². The number of amides is 2. The summed E-state index contributed by atoms with van der Waals surface area (Å²) in [6.45, 7) is 1.85. The lowest BCUT2D eigenvalue weighted by atomic mass is 10.2. The predicted octanol–water partition coefficient (Wildman–Crippen LogP) is 5.04. The van der Waals surface area contributed by atoms with Gasteiger partial charge < -0.3 is 15.1 Å². The standard InChI is InChI=1S/C25H22N4O3/c1-16-7-14-22(32-16)23-21(15-29(28-23)20-5-3-2-4-6-20)25(31)27-19-12-10-18(11-13-19)26-24(30)17-8-9-17/h2-7,10-15,17H,8-9H2,1H3,(H,26,30)(H,27,31). The first-order valence-corrected chi connectivity index (χ1v) is 10.5. The summed E-state index contributed by atoms with van der Waals surface area (Å²) in [6.07, 6.45) is 3.60. The molecule has 2 amide bonds. The molecule has 4 aromatic rings. The maximum absolute atomic E-state index is 13.1. The highest BCUT2D eigenvalue weighted by molar-refractivity contribution is 6.08. The number of hydrogen-bond acceptors (Lipinski definition) is 4. The van der Waals surface area contributed by atoms with Gasteiger partial charge in [0.05, 0.1) is 11.3 Å². The molecule has 160 valence electrons. The highest BCUT2D eigenvalue weighted by Crippen LogP contribution is 2.30. The van der Waals surface area contributed by atoms with Crippen molar-refractivity contribution in [2.45, 2.75) is 19.8 Å². The van der Waals surface area contributed by atoms with Gasteiger partial charge in [0.15, 0.2) is 5.76 Å². The fraction of sp³-hybridized carbons (Fsp3) is 0.160. The molecule has 2 aromatic heterocycles. The second-order valence-corrected chi connectivity index (χ2v) is 7.88. The molecule has 0 aliphatic heterocycles. The molecule has 32 heavy (non-hydrogen) atoms. The minimum atomic E-state index is -0.300. The normalized spacial score (nSPS) is 13.0. The van der Waals surface area contributed by atoms with Gasteiger partial charge in [-0.2, -0.15) is 5.10 Å². The first-order valence-electron chi connectivity index (χ1n) is 10.5. The number of carbonyl (C=O) groups excluding carboxylic acids is 2. The molecule has 0 unspecified atom stereocenters. The largest absolute Gasteiger partial charge is 0.460 e. The number of anilines is 2. The summed E-state index contributed by atoms with van der Waals surface area (Å²) in [6, 6.07) is 20.3. The van der Waals surface area contributed by atoms with Gasteiger partial charge in [0, 0.05) is 23.5 Å². The van der Waals surface area contributed by atoms with Crippen LogP contribution >= 0.6 is 0 Å². The Labute approximate surface area is 185 Å². The third-order valence-corrected chi connectivity index (χ3v) is 5.31. The number of benzene rings is 2. The molecule has 0 saturated heterocycles. The minimum Gasteiger partial charge on any atom is -0.460 e. The van der Waals surface area contributed by atoms with Gasteiger partial charge in [-0.25, -0.2) is 4.68 Å². The molecule has 5 rings (SSSR count). The van der Waals surface area contributed by atoms with Gasteiger partial charge >= 0.3 is 0 Å². The zero-order valence-corrected chi connectivity index (χ0v) is 17.5. The van der Waals surface area contributed by atoms with Crippen molar-refractivity contribution in [3.05, 3.63) is 84.3 Å². The first-order chi connectivity index (χ1) is 15.6. The van der Waals surface area contributed by atoms with Crippen LogP contribution in [-0.2, 0) is 4.79 Å². The van der Waals surface area contributed by atoms with Crippen LogP contribution in [0.25, 0.3) is 17.1 Å². The molecule has 2 aromatic carbocycles. The smallest absolute Gasteiger partial charge is 0.259 e. The van der Waals surface area contributed by atoms with E-state index in [2.05, 4.69) is 15.7 Å². The Balaban J connectivity index is 1.39. The molecule has 0 bridgehead atoms. The van der Waals surface area contributed by atoms with Gasteiger partial charge in [0.1, 0.15) is 11.5 Å². The van der Waals surface area contributed by atoms with E-state index in [4.69, 9.17) is 4.42 Å². The summed E-state index contributed by atoms with van der Waals surface area (Å²) in [5.41, 5.74) is 3.03. The van der Waals surface area contributed by atoms with E-state index in [1.165, 1.54) is 0 Å². The van der Waals surface area contributed by atoms with Gasteiger partial charge in [-0.3, -0.25) is 9.59 Å². The van der Waals surface area contributed by atoms with Crippen molar-refractivity contribution in [3.63, 3.8) is 0 Å². The number of carbonyl (C=O) groups is 2. The highest BCUT2D eigenvalue weighted by Gasteiger charge is 2.29. The second-order valence-electron chi connectivity index (χ2n) is 7.88. The van der Waals surface area contributed by atoms with Crippen molar-refractivity contribution < 1.29 is 14.0 Å². The topological polar surface area (TPSA) is 89.2 Å². The molecule has 1 aliphatic rings. The third kappa shape index (κ3) is 4.18. The van der Waals surface area contributed by atoms with Crippen LogP contribution < -0.4 is 10.6 Å². The molecule has 2 heterocycles. The Morgan fingerprint density at radius 2 is 1.62 bits per heavy atom. The van der Waals surface area contributed by atoms with Gasteiger partial charge in [-0.05, 0) is 68.3 Å². The number of nitrogens with one attached hydrogen (secondary N) is 2. The fourth-order valence-corrected chi connectivity index (χ4v) is 3.42. The van der Waals surface area contributed by atoms with E-state index < -0.39 is 0 Å². The lowest BCUT2D eigenvalue weighted by Crippen LogP contribution is -2.14. The van der Waals surface area contributed by atoms with Gasteiger partial charge in [-0.15, -0.1) is 0 Å². The third-order valence-electron chi connectivity index (χ3n) is 5.31. The molecule has 0 atom stereocenters. The second kappa shape index (κ2) is 8.19. The molecule has 1 aliphatic carbocycles. The van der Waals surface area contributed by atoms with Crippen LogP contribution in [0.5, 0.6) is 0 Å². The molecule has 2 N–H and O–H groups in total. The highest BCUT2D eigenvalue weighted by atomic mass is 16.3. The Hall–Kier alpha value is -4.13. The van der Waals surface area contributed by atoms with Crippen molar-refractivity contribution in [2.24, 2.45) is 5.92 Å². The van der Waals surface area contributed by atoms with Crippen molar-refractivity contribution in [2.75, 3.05) is 10.6 Å². The van der Waals surface area contributed by atoms with Crippen LogP contribution in [0, 0.1) is 12.8 Å². The minimum absolute atomic E-state index is 0.0495. The number of hydrogen-bond donors (Lipinski definition) is 2. The van der Waals surface area contributed by atoms with E-state index in [1.54, 1.807) is 41.2 Å². The Morgan fingerprint density at radius 1 is 0.938 bits per heavy atom. The van der Waals surface area contributed by atoms with Crippen molar-refractivity contribution >= 4 is 23.2 Å². The Bertz CT molecular complexity index is 1270. The predicted molar refractivity (Wildman–Crippen MR) is 122 cm³/mol. The van der Waals surface area contributed by atoms with Crippen molar-refractivity contribution in [1.29, 1.82) is 0 Å². The zero-order valence-electron chi connectivity index (χ0n) is 17.5. The molecule has 7 nitrogen and oxygen atoms in total. The van der Waals surface area contributed by atoms with Crippen molar-refractivity contribution in [1.82, 2.24) is 9.78 Å². The van der Waals surface area contributed by atoms with E-state index in [-0.39, 0.29) is 17.7 Å². The molecular formula is C25H22N4O3. The quantitative estimate of drug-likeness (QED) is 0.452. The molecule has 1 fully saturated rings. The Kier molecular flexibility index (Phi) is 5.07. The number of aryl methyl sites for hydroxylation is 1. The van der Waals surface area contributed by atoms with E-state index in [1.807, 2.05) is 43.3 Å². The molecular weight excluding hydrogens is 404 g/mol. The number of rotatable bonds is 6. The summed E-state index contributed by atoms with van der Waals surface area (Å²) in [7, 11) is 0. The number of aromatic nitrogens is 2. The summed E-state index contributed by atoms with van der Waals surface area (Å²) in [5.74, 6) is 1.16. The first kappa shape index (κ1) is 19.8. The number of furan rings is 1. The Morgan fingerprint density at radius 3 is 2.25 bits per heavy atom. The summed E-state index contributed by atoms with van der Waals surface area (Å²) < 4.78 is 7.41. The number of nitrogens with zero attached hydrogens (tertiary/aromatic N) is 2. The summed E-state index contributed by atoms with van der Waals surface area (Å²) in [5, 5.41) is 10.4. The fourth-order valence-electron chi connectivity index (χ4n) is 3.42.